The zero-order valence-corrected chi connectivity index (χ0v) is 12.9. The average Bonchev–Trinajstić information content (AvgIpc) is 2.43. The molecule has 3 rings (SSSR count). The Bertz CT molecular complexity index is 876. The summed E-state index contributed by atoms with van der Waals surface area (Å²) in [5, 5.41) is 18.7. The third kappa shape index (κ3) is 2.75. The van der Waals surface area contributed by atoms with Gasteiger partial charge in [0.25, 0.3) is 5.91 Å². The summed E-state index contributed by atoms with van der Waals surface area (Å²) in [6, 6.07) is 14.9. The van der Waals surface area contributed by atoms with Crippen LogP contribution in [0.15, 0.2) is 48.5 Å². The van der Waals surface area contributed by atoms with E-state index >= 15 is 0 Å². The summed E-state index contributed by atoms with van der Waals surface area (Å²) in [5.41, 5.74) is 0.0704. The molecule has 1 amide bonds. The fourth-order valence-corrected chi connectivity index (χ4v) is 2.56. The zero-order valence-electron chi connectivity index (χ0n) is 12.9. The van der Waals surface area contributed by atoms with E-state index in [9.17, 15) is 9.90 Å². The number of carbonyl (C=O) groups excluding carboxylic acids is 1. The Hall–Kier alpha value is -2.55. The molecule has 0 aliphatic carbocycles. The summed E-state index contributed by atoms with van der Waals surface area (Å²) < 4.78 is 0. The second-order valence-electron chi connectivity index (χ2n) is 6.60. The Morgan fingerprint density at radius 2 is 1.55 bits per heavy atom. The van der Waals surface area contributed by atoms with Crippen LogP contribution in [0.25, 0.3) is 21.5 Å². The van der Waals surface area contributed by atoms with Gasteiger partial charge in [0.1, 0.15) is 0 Å². The van der Waals surface area contributed by atoms with Crippen molar-refractivity contribution in [2.24, 2.45) is 0 Å². The molecular formula is C19H18NO2. The Balaban J connectivity index is 2.15. The molecule has 0 aliphatic heterocycles. The molecule has 3 nitrogen and oxygen atoms in total. The van der Waals surface area contributed by atoms with Crippen LogP contribution in [0.1, 0.15) is 31.1 Å². The lowest BCUT2D eigenvalue weighted by Crippen LogP contribution is -2.40. The largest absolute Gasteiger partial charge is 0.347 e. The standard InChI is InChI=1S/C19H18NO2/c1-19(2,3)20-18(22)15-9-14-8-12-6-4-5-7-13(12)10-16(14)17(21)11-15/h4-11H,1-3H3,(H,20,22). The van der Waals surface area contributed by atoms with E-state index in [-0.39, 0.29) is 17.2 Å². The van der Waals surface area contributed by atoms with Gasteiger partial charge < -0.3 is 5.32 Å². The first-order valence-electron chi connectivity index (χ1n) is 7.29. The summed E-state index contributed by atoms with van der Waals surface area (Å²) in [7, 11) is 0. The highest BCUT2D eigenvalue weighted by molar-refractivity contribution is 6.05. The second-order valence-corrected chi connectivity index (χ2v) is 6.60. The van der Waals surface area contributed by atoms with Gasteiger partial charge in [0.2, 0.25) is 0 Å². The van der Waals surface area contributed by atoms with E-state index in [1.54, 1.807) is 6.07 Å². The van der Waals surface area contributed by atoms with Gasteiger partial charge in [-0.3, -0.25) is 9.90 Å². The molecule has 3 aromatic carbocycles. The smallest absolute Gasteiger partial charge is 0.251 e. The molecule has 0 aromatic heterocycles. The molecule has 0 saturated carbocycles. The van der Waals surface area contributed by atoms with Crippen LogP contribution in [0, 0.1) is 0 Å². The van der Waals surface area contributed by atoms with Crippen LogP contribution in [0.5, 0.6) is 5.75 Å². The van der Waals surface area contributed by atoms with E-state index in [0.29, 0.717) is 10.9 Å². The van der Waals surface area contributed by atoms with Crippen LogP contribution in [-0.4, -0.2) is 11.4 Å². The van der Waals surface area contributed by atoms with Crippen molar-refractivity contribution < 1.29 is 9.90 Å². The lowest BCUT2D eigenvalue weighted by molar-refractivity contribution is 0.0919. The number of hydrogen-bond acceptors (Lipinski definition) is 1. The second kappa shape index (κ2) is 5.02. The Kier molecular flexibility index (Phi) is 3.28. The maximum atomic E-state index is 12.3. The van der Waals surface area contributed by atoms with Crippen LogP contribution in [0.3, 0.4) is 0 Å². The summed E-state index contributed by atoms with van der Waals surface area (Å²) in [5.74, 6) is -0.345. The molecular weight excluding hydrogens is 274 g/mol. The number of amides is 1. The molecule has 22 heavy (non-hydrogen) atoms. The summed E-state index contributed by atoms with van der Waals surface area (Å²) in [6.45, 7) is 5.74. The molecule has 3 heteroatoms. The van der Waals surface area contributed by atoms with Crippen molar-refractivity contribution in [2.75, 3.05) is 0 Å². The molecule has 0 unspecified atom stereocenters. The quantitative estimate of drug-likeness (QED) is 0.651. The van der Waals surface area contributed by atoms with E-state index in [0.717, 1.165) is 16.2 Å². The maximum Gasteiger partial charge on any atom is 0.251 e. The van der Waals surface area contributed by atoms with Gasteiger partial charge in [0, 0.05) is 16.5 Å². The van der Waals surface area contributed by atoms with Crippen LogP contribution in [0.4, 0.5) is 0 Å². The van der Waals surface area contributed by atoms with Crippen molar-refractivity contribution >= 4 is 27.5 Å². The van der Waals surface area contributed by atoms with Gasteiger partial charge in [-0.25, -0.2) is 0 Å². The minimum atomic E-state index is -0.335. The van der Waals surface area contributed by atoms with Gasteiger partial charge in [-0.15, -0.1) is 0 Å². The Morgan fingerprint density at radius 1 is 0.909 bits per heavy atom. The van der Waals surface area contributed by atoms with Crippen LogP contribution < -0.4 is 5.32 Å². The van der Waals surface area contributed by atoms with E-state index in [1.807, 2.05) is 57.2 Å². The van der Waals surface area contributed by atoms with Crippen molar-refractivity contribution in [3.8, 4) is 5.75 Å². The number of nitrogens with one attached hydrogen (secondary N) is 1. The minimum Gasteiger partial charge on any atom is -0.347 e. The van der Waals surface area contributed by atoms with Crippen molar-refractivity contribution in [1.29, 1.82) is 0 Å². The molecule has 3 aromatic rings. The average molecular weight is 292 g/mol. The molecule has 0 aliphatic rings. The summed E-state index contributed by atoms with van der Waals surface area (Å²) in [4.78, 5) is 12.3. The van der Waals surface area contributed by atoms with Gasteiger partial charge in [-0.05, 0) is 61.2 Å². The first-order valence-corrected chi connectivity index (χ1v) is 7.29. The molecule has 0 spiro atoms. The number of rotatable bonds is 1. The molecule has 111 valence electrons. The zero-order chi connectivity index (χ0) is 15.9. The number of fused-ring (bicyclic) bond motifs is 2. The van der Waals surface area contributed by atoms with Crippen LogP contribution in [-0.2, 0) is 5.11 Å². The highest BCUT2D eigenvalue weighted by Gasteiger charge is 2.17. The third-order valence-electron chi connectivity index (χ3n) is 3.53. The normalized spacial score (nSPS) is 11.8. The van der Waals surface area contributed by atoms with E-state index in [4.69, 9.17) is 0 Å². The highest BCUT2D eigenvalue weighted by atomic mass is 16.3. The van der Waals surface area contributed by atoms with Gasteiger partial charge in [0.15, 0.2) is 5.75 Å². The SMILES string of the molecule is CC(C)(C)NC(=O)c1cc([O])c2cc3ccccc3cc2c1. The predicted molar refractivity (Wildman–Crippen MR) is 88.8 cm³/mol. The monoisotopic (exact) mass is 292 g/mol. The predicted octanol–water partition coefficient (Wildman–Crippen LogP) is 4.67. The molecule has 0 atom stereocenters. The van der Waals surface area contributed by atoms with Gasteiger partial charge in [0.05, 0.1) is 0 Å². The molecule has 1 N–H and O–H groups in total. The molecule has 0 saturated heterocycles. The number of hydrogen-bond donors (Lipinski definition) is 1. The Labute approximate surface area is 129 Å². The third-order valence-corrected chi connectivity index (χ3v) is 3.53. The number of benzene rings is 3. The Morgan fingerprint density at radius 3 is 2.18 bits per heavy atom. The van der Waals surface area contributed by atoms with Crippen molar-refractivity contribution in [3.05, 3.63) is 54.1 Å². The highest BCUT2D eigenvalue weighted by Crippen LogP contribution is 2.31. The minimum absolute atomic E-state index is 0.123. The fourth-order valence-electron chi connectivity index (χ4n) is 2.56. The molecule has 0 heterocycles. The van der Waals surface area contributed by atoms with Crippen LogP contribution in [0.2, 0.25) is 0 Å². The van der Waals surface area contributed by atoms with Gasteiger partial charge in [-0.1, -0.05) is 24.3 Å². The lowest BCUT2D eigenvalue weighted by Gasteiger charge is -2.20. The molecule has 1 radical (unpaired) electrons. The maximum absolute atomic E-state index is 12.3. The van der Waals surface area contributed by atoms with Gasteiger partial charge in [-0.2, -0.15) is 0 Å². The van der Waals surface area contributed by atoms with Crippen molar-refractivity contribution in [2.45, 2.75) is 26.3 Å². The van der Waals surface area contributed by atoms with E-state index in [1.165, 1.54) is 6.07 Å². The summed E-state index contributed by atoms with van der Waals surface area (Å²) >= 11 is 0. The fraction of sp³-hybridized carbons (Fsp3) is 0.211. The summed E-state index contributed by atoms with van der Waals surface area (Å²) in [6.07, 6.45) is 0. The van der Waals surface area contributed by atoms with Crippen molar-refractivity contribution in [3.63, 3.8) is 0 Å². The van der Waals surface area contributed by atoms with Crippen molar-refractivity contribution in [1.82, 2.24) is 5.32 Å². The lowest BCUT2D eigenvalue weighted by atomic mass is 10.00. The topological polar surface area (TPSA) is 49.0 Å². The molecule has 0 fully saturated rings. The first-order chi connectivity index (χ1) is 10.3. The molecule has 0 bridgehead atoms. The van der Waals surface area contributed by atoms with Gasteiger partial charge >= 0.3 is 0 Å². The first kappa shape index (κ1) is 14.4. The van der Waals surface area contributed by atoms with E-state index < -0.39 is 0 Å². The number of carbonyl (C=O) groups is 1. The van der Waals surface area contributed by atoms with E-state index in [2.05, 4.69) is 5.32 Å². The van der Waals surface area contributed by atoms with Crippen LogP contribution >= 0.6 is 0 Å².